The van der Waals surface area contributed by atoms with Crippen LogP contribution in [-0.4, -0.2) is 69.4 Å². The summed E-state index contributed by atoms with van der Waals surface area (Å²) in [5.41, 5.74) is 2.71. The average Bonchev–Trinajstić information content (AvgIpc) is 3.77. The first-order chi connectivity index (χ1) is 31.6. The van der Waals surface area contributed by atoms with Gasteiger partial charge in [-0.05, 0) is 144 Å². The summed E-state index contributed by atoms with van der Waals surface area (Å²) in [6.45, 7) is 12.9. The lowest BCUT2D eigenvalue weighted by atomic mass is 9.82. The quantitative estimate of drug-likeness (QED) is 0.163. The van der Waals surface area contributed by atoms with Crippen molar-refractivity contribution in [3.63, 3.8) is 0 Å². The number of imidazole rings is 1. The number of halogens is 2. The number of nitrogens with zero attached hydrogens (tertiary/aromatic N) is 9. The number of ether oxygens (including phenoxy) is 2. The van der Waals surface area contributed by atoms with Gasteiger partial charge in [-0.2, -0.15) is 15.5 Å². The van der Waals surface area contributed by atoms with Crippen molar-refractivity contribution in [1.82, 2.24) is 38.2 Å². The predicted molar refractivity (Wildman–Crippen MR) is 244 cm³/mol. The minimum atomic E-state index is -1.07. The number of carbonyl (C=O) groups excluding carboxylic acids is 1. The second kappa shape index (κ2) is 14.8. The van der Waals surface area contributed by atoms with E-state index >= 15 is 13.6 Å². The zero-order chi connectivity index (χ0) is 46.2. The lowest BCUT2D eigenvalue weighted by Crippen LogP contribution is -2.53. The van der Waals surface area contributed by atoms with E-state index in [0.29, 0.717) is 71.2 Å². The Morgan fingerprint density at radius 3 is 2.36 bits per heavy atom. The van der Waals surface area contributed by atoms with E-state index in [1.54, 1.807) is 60.7 Å². The van der Waals surface area contributed by atoms with Gasteiger partial charge in [-0.15, -0.1) is 0 Å². The highest BCUT2D eigenvalue weighted by molar-refractivity contribution is 6.00. The lowest BCUT2D eigenvalue weighted by molar-refractivity contribution is -0.112. The van der Waals surface area contributed by atoms with Crippen molar-refractivity contribution >= 4 is 27.7 Å². The summed E-state index contributed by atoms with van der Waals surface area (Å²) in [4.78, 5) is 32.5. The Kier molecular flexibility index (Phi) is 9.49. The maximum atomic E-state index is 16.3. The van der Waals surface area contributed by atoms with Crippen LogP contribution in [0, 0.1) is 42.7 Å². The fourth-order valence-electron chi connectivity index (χ4n) is 11.4. The van der Waals surface area contributed by atoms with Gasteiger partial charge in [0, 0.05) is 43.6 Å². The first-order valence-corrected chi connectivity index (χ1v) is 23.0. The van der Waals surface area contributed by atoms with Gasteiger partial charge in [0.05, 0.1) is 58.2 Å². The highest BCUT2D eigenvalue weighted by atomic mass is 19.1. The molecule has 4 aromatic heterocycles. The fraction of sp³-hybridized carbons (Fsp3) is 0.431. The first-order valence-electron chi connectivity index (χ1n) is 23.0. The fourth-order valence-corrected chi connectivity index (χ4v) is 11.4. The lowest BCUT2D eigenvalue weighted by Gasteiger charge is -2.46. The van der Waals surface area contributed by atoms with E-state index in [9.17, 15) is 10.1 Å². The molecule has 7 aromatic rings. The van der Waals surface area contributed by atoms with Gasteiger partial charge in [-0.25, -0.2) is 18.3 Å². The van der Waals surface area contributed by atoms with Crippen LogP contribution in [0.15, 0.2) is 71.9 Å². The molecule has 1 aliphatic carbocycles. The second-order valence-electron chi connectivity index (χ2n) is 19.8. The van der Waals surface area contributed by atoms with Crippen LogP contribution in [0.3, 0.4) is 0 Å². The van der Waals surface area contributed by atoms with E-state index in [1.165, 1.54) is 27.1 Å². The van der Waals surface area contributed by atoms with E-state index in [1.807, 2.05) is 29.4 Å². The zero-order valence-electron chi connectivity index (χ0n) is 38.4. The average molecular weight is 894 g/mol. The molecule has 66 heavy (non-hydrogen) atoms. The molecule has 13 nitrogen and oxygen atoms in total. The van der Waals surface area contributed by atoms with Crippen molar-refractivity contribution in [3.05, 3.63) is 123 Å². The van der Waals surface area contributed by atoms with Crippen molar-refractivity contribution in [2.45, 2.75) is 109 Å². The van der Waals surface area contributed by atoms with Crippen LogP contribution in [0.25, 0.3) is 39.0 Å². The highest BCUT2D eigenvalue weighted by Crippen LogP contribution is 2.53. The molecule has 0 N–H and O–H groups in total. The third-order valence-corrected chi connectivity index (χ3v) is 15.1. The van der Waals surface area contributed by atoms with E-state index in [2.05, 4.69) is 43.2 Å². The number of fused-ring (bicyclic) bond motifs is 4. The summed E-state index contributed by atoms with van der Waals surface area (Å²) >= 11 is 0. The zero-order valence-corrected chi connectivity index (χ0v) is 38.4. The SMILES string of the molecule is Cc1cc(-n2nc3c(c2-n2ccn(-c4ccc5c(cnn5C)c4F)c2=O)[C@H](C)N(C(=O)c2cc4cc([C@H]5CCOC(C)(C)C5)ccc4n2C2(C#N)C[C@@H]2C)CC32CCCCO2)cc(C)c1F. The van der Waals surface area contributed by atoms with Crippen molar-refractivity contribution in [1.29, 1.82) is 5.26 Å². The number of benzene rings is 3. The van der Waals surface area contributed by atoms with Gasteiger partial charge in [0.15, 0.2) is 5.82 Å². The van der Waals surface area contributed by atoms with Crippen LogP contribution in [0.2, 0.25) is 0 Å². The highest BCUT2D eigenvalue weighted by Gasteiger charge is 2.57. The van der Waals surface area contributed by atoms with Crippen LogP contribution in [0.5, 0.6) is 0 Å². The molecule has 0 bridgehead atoms. The van der Waals surface area contributed by atoms with E-state index in [0.717, 1.165) is 36.6 Å². The number of nitriles is 1. The van der Waals surface area contributed by atoms with Crippen LogP contribution in [-0.2, 0) is 27.7 Å². The number of hydrogen-bond donors (Lipinski definition) is 0. The Hall–Kier alpha value is -6.37. The molecule has 15 heteroatoms. The number of aromatic nitrogens is 7. The summed E-state index contributed by atoms with van der Waals surface area (Å²) < 4.78 is 52.3. The Bertz CT molecular complexity index is 3240. The topological polar surface area (TPSA) is 130 Å². The minimum absolute atomic E-state index is 0.0195. The van der Waals surface area contributed by atoms with Gasteiger partial charge in [-0.1, -0.05) is 13.0 Å². The van der Waals surface area contributed by atoms with Crippen LogP contribution in [0.1, 0.15) is 117 Å². The summed E-state index contributed by atoms with van der Waals surface area (Å²) in [7, 11) is 1.73. The van der Waals surface area contributed by atoms with Gasteiger partial charge >= 0.3 is 5.69 Å². The Morgan fingerprint density at radius 1 is 0.924 bits per heavy atom. The molecule has 7 heterocycles. The van der Waals surface area contributed by atoms with Crippen LogP contribution < -0.4 is 5.69 Å². The molecule has 1 amide bonds. The molecule has 0 radical (unpaired) electrons. The Morgan fingerprint density at radius 2 is 1.67 bits per heavy atom. The van der Waals surface area contributed by atoms with E-state index in [4.69, 9.17) is 14.6 Å². The van der Waals surface area contributed by atoms with E-state index < -0.39 is 28.7 Å². The molecule has 2 unspecified atom stereocenters. The molecule has 11 rings (SSSR count). The largest absolute Gasteiger partial charge is 0.376 e. The second-order valence-corrected chi connectivity index (χ2v) is 19.8. The predicted octanol–water partition coefficient (Wildman–Crippen LogP) is 9.09. The third kappa shape index (κ3) is 6.20. The molecule has 340 valence electrons. The molecule has 3 fully saturated rings. The third-order valence-electron chi connectivity index (χ3n) is 15.1. The number of carbonyl (C=O) groups is 1. The molecule has 3 aromatic carbocycles. The summed E-state index contributed by atoms with van der Waals surface area (Å²) in [6.07, 6.45) is 9.08. The molecule has 3 aliphatic heterocycles. The summed E-state index contributed by atoms with van der Waals surface area (Å²) in [6, 6.07) is 16.9. The van der Waals surface area contributed by atoms with Crippen molar-refractivity contribution in [2.75, 3.05) is 19.8 Å². The molecular formula is C51H53F2N9O4. The molecular weight excluding hydrogens is 841 g/mol. The summed E-state index contributed by atoms with van der Waals surface area (Å²) in [5.74, 6) is -0.589. The maximum absolute atomic E-state index is 16.3. The van der Waals surface area contributed by atoms with Crippen molar-refractivity contribution in [2.24, 2.45) is 13.0 Å². The maximum Gasteiger partial charge on any atom is 0.338 e. The Labute approximate surface area is 380 Å². The molecule has 1 saturated carbocycles. The van der Waals surface area contributed by atoms with Crippen LogP contribution >= 0.6 is 0 Å². The van der Waals surface area contributed by atoms with Gasteiger partial charge in [0.1, 0.15) is 34.2 Å². The van der Waals surface area contributed by atoms with Gasteiger partial charge < -0.3 is 18.9 Å². The van der Waals surface area contributed by atoms with Gasteiger partial charge in [0.2, 0.25) is 0 Å². The smallest absolute Gasteiger partial charge is 0.338 e. The first kappa shape index (κ1) is 42.3. The summed E-state index contributed by atoms with van der Waals surface area (Å²) in [5, 5.41) is 21.5. The van der Waals surface area contributed by atoms with E-state index in [-0.39, 0.29) is 46.8 Å². The molecule has 1 spiro atoms. The molecule has 5 atom stereocenters. The standard InChI is InChI=1S/C51H53F2N9O4/c1-29-20-36(21-30(2)43(29)52)62-46(59-17-16-58(48(59)64)40-13-12-39-37(44(40)53)26-55-57(39)7)42-32(4)60(28-51(45(42)56-62)15-8-9-18-66-51)47(63)41-23-35-22-33(34-14-19-65-49(5,6)25-34)10-11-38(35)61(41)50(27-54)24-31(50)3/h10-13,16-17,20-23,26,31-32,34H,8-9,14-15,18-19,24-25,28H2,1-7H3/t31-,32-,34-,50?,51?/m0/s1. The number of hydrogen-bond acceptors (Lipinski definition) is 7. The number of amides is 1. The van der Waals surface area contributed by atoms with Gasteiger partial charge in [-0.3, -0.25) is 18.6 Å². The minimum Gasteiger partial charge on any atom is -0.376 e. The monoisotopic (exact) mass is 893 g/mol. The number of rotatable bonds is 6. The van der Waals surface area contributed by atoms with Crippen LogP contribution in [0.4, 0.5) is 8.78 Å². The van der Waals surface area contributed by atoms with Crippen molar-refractivity contribution in [3.8, 4) is 23.3 Å². The van der Waals surface area contributed by atoms with Gasteiger partial charge in [0.25, 0.3) is 5.91 Å². The molecule has 2 saturated heterocycles. The Balaban J connectivity index is 1.10. The van der Waals surface area contributed by atoms with Crippen molar-refractivity contribution < 1.29 is 23.0 Å². The normalized spacial score (nSPS) is 24.8. The number of aryl methyl sites for hydroxylation is 3. The molecule has 4 aliphatic rings.